The lowest BCUT2D eigenvalue weighted by atomic mass is 10.0. The topological polar surface area (TPSA) is 55.6 Å². The highest BCUT2D eigenvalue weighted by Gasteiger charge is 2.20. The number of hydrogen-bond donors (Lipinski definition) is 1. The molecular weight excluding hydrogens is 240 g/mol. The molecule has 1 aromatic carbocycles. The predicted molar refractivity (Wildman–Crippen MR) is 76.9 cm³/mol. The van der Waals surface area contributed by atoms with Crippen molar-refractivity contribution >= 4 is 5.91 Å². The van der Waals surface area contributed by atoms with Gasteiger partial charge in [-0.25, -0.2) is 0 Å². The maximum absolute atomic E-state index is 12.0. The van der Waals surface area contributed by atoms with Gasteiger partial charge in [0.15, 0.2) is 0 Å². The van der Waals surface area contributed by atoms with Crippen molar-refractivity contribution in [3.63, 3.8) is 0 Å². The molecule has 0 heterocycles. The van der Waals surface area contributed by atoms with Gasteiger partial charge in [0.25, 0.3) is 0 Å². The number of carbonyl (C=O) groups excluding carboxylic acids is 1. The lowest BCUT2D eigenvalue weighted by Crippen LogP contribution is -2.44. The van der Waals surface area contributed by atoms with E-state index in [1.165, 1.54) is 0 Å². The van der Waals surface area contributed by atoms with Gasteiger partial charge in [0, 0.05) is 13.6 Å². The van der Waals surface area contributed by atoms with Crippen LogP contribution in [0.25, 0.3) is 0 Å². The summed E-state index contributed by atoms with van der Waals surface area (Å²) in [6.07, 6.45) is 0. The van der Waals surface area contributed by atoms with Crippen LogP contribution in [0, 0.1) is 5.92 Å². The van der Waals surface area contributed by atoms with Gasteiger partial charge in [-0.15, -0.1) is 0 Å². The van der Waals surface area contributed by atoms with E-state index in [9.17, 15) is 4.79 Å². The zero-order chi connectivity index (χ0) is 14.4. The minimum Gasteiger partial charge on any atom is -0.494 e. The molecule has 1 aromatic rings. The molecule has 0 saturated carbocycles. The average molecular weight is 264 g/mol. The Labute approximate surface area is 115 Å². The minimum absolute atomic E-state index is 0.0242. The molecule has 19 heavy (non-hydrogen) atoms. The fourth-order valence-electron chi connectivity index (χ4n) is 1.75. The summed E-state index contributed by atoms with van der Waals surface area (Å²) < 4.78 is 5.38. The molecule has 0 aliphatic carbocycles. The van der Waals surface area contributed by atoms with Crippen LogP contribution < -0.4 is 10.5 Å². The molecule has 0 aromatic heterocycles. The molecule has 4 heteroatoms. The van der Waals surface area contributed by atoms with Crippen LogP contribution in [0.5, 0.6) is 5.75 Å². The summed E-state index contributed by atoms with van der Waals surface area (Å²) in [5.74, 6) is 0.971. The number of carbonyl (C=O) groups is 1. The second kappa shape index (κ2) is 7.14. The van der Waals surface area contributed by atoms with Gasteiger partial charge in [0.05, 0.1) is 12.6 Å². The van der Waals surface area contributed by atoms with Crippen molar-refractivity contribution in [2.75, 3.05) is 13.7 Å². The van der Waals surface area contributed by atoms with E-state index >= 15 is 0 Å². The molecule has 1 atom stereocenters. The fraction of sp³-hybridized carbons (Fsp3) is 0.533. The van der Waals surface area contributed by atoms with E-state index in [1.807, 2.05) is 45.0 Å². The molecule has 0 bridgehead atoms. The minimum atomic E-state index is -0.437. The van der Waals surface area contributed by atoms with Crippen LogP contribution in [0.2, 0.25) is 0 Å². The lowest BCUT2D eigenvalue weighted by Gasteiger charge is -2.23. The van der Waals surface area contributed by atoms with Crippen LogP contribution in [0.4, 0.5) is 0 Å². The first-order chi connectivity index (χ1) is 8.95. The van der Waals surface area contributed by atoms with Gasteiger partial charge in [-0.05, 0) is 30.5 Å². The smallest absolute Gasteiger partial charge is 0.239 e. The Morgan fingerprint density at radius 2 is 1.89 bits per heavy atom. The van der Waals surface area contributed by atoms with E-state index in [0.29, 0.717) is 13.2 Å². The van der Waals surface area contributed by atoms with E-state index < -0.39 is 6.04 Å². The van der Waals surface area contributed by atoms with Crippen molar-refractivity contribution in [3.05, 3.63) is 29.8 Å². The maximum atomic E-state index is 12.0. The van der Waals surface area contributed by atoms with Crippen molar-refractivity contribution in [2.24, 2.45) is 11.7 Å². The van der Waals surface area contributed by atoms with Crippen LogP contribution in [-0.2, 0) is 11.3 Å². The molecule has 0 aliphatic heterocycles. The molecule has 2 N–H and O–H groups in total. The Hall–Kier alpha value is -1.55. The molecule has 0 saturated heterocycles. The SMILES string of the molecule is CCOc1ccc(CN(C)C(=O)[C@@H](N)C(C)C)cc1. The number of likely N-dealkylation sites (N-methyl/N-ethyl adjacent to an activating group) is 1. The largest absolute Gasteiger partial charge is 0.494 e. The molecule has 0 radical (unpaired) electrons. The fourth-order valence-corrected chi connectivity index (χ4v) is 1.75. The van der Waals surface area contributed by atoms with Gasteiger partial charge >= 0.3 is 0 Å². The van der Waals surface area contributed by atoms with Crippen LogP contribution >= 0.6 is 0 Å². The normalized spacial score (nSPS) is 12.3. The molecule has 1 rings (SSSR count). The quantitative estimate of drug-likeness (QED) is 0.855. The Morgan fingerprint density at radius 1 is 1.32 bits per heavy atom. The monoisotopic (exact) mass is 264 g/mol. The zero-order valence-electron chi connectivity index (χ0n) is 12.2. The van der Waals surface area contributed by atoms with Crippen LogP contribution in [0.3, 0.4) is 0 Å². The summed E-state index contributed by atoms with van der Waals surface area (Å²) in [6.45, 7) is 7.07. The number of amides is 1. The van der Waals surface area contributed by atoms with Crippen LogP contribution in [0.15, 0.2) is 24.3 Å². The van der Waals surface area contributed by atoms with Gasteiger partial charge in [-0.1, -0.05) is 26.0 Å². The molecule has 0 unspecified atom stereocenters. The van der Waals surface area contributed by atoms with E-state index in [-0.39, 0.29) is 11.8 Å². The van der Waals surface area contributed by atoms with Crippen LogP contribution in [-0.4, -0.2) is 30.5 Å². The molecule has 4 nitrogen and oxygen atoms in total. The number of hydrogen-bond acceptors (Lipinski definition) is 3. The van der Waals surface area contributed by atoms with Crippen LogP contribution in [0.1, 0.15) is 26.3 Å². The highest BCUT2D eigenvalue weighted by atomic mass is 16.5. The zero-order valence-corrected chi connectivity index (χ0v) is 12.2. The third kappa shape index (κ3) is 4.56. The number of benzene rings is 1. The Bertz CT molecular complexity index is 401. The Kier molecular flexibility index (Phi) is 5.83. The summed E-state index contributed by atoms with van der Waals surface area (Å²) >= 11 is 0. The third-order valence-corrected chi connectivity index (χ3v) is 3.03. The number of nitrogens with two attached hydrogens (primary N) is 1. The highest BCUT2D eigenvalue weighted by molar-refractivity contribution is 5.81. The van der Waals surface area contributed by atoms with Gasteiger partial charge in [-0.2, -0.15) is 0 Å². The molecular formula is C15H24N2O2. The second-order valence-corrected chi connectivity index (χ2v) is 5.04. The van der Waals surface area contributed by atoms with Gasteiger partial charge in [0.2, 0.25) is 5.91 Å². The number of rotatable bonds is 6. The standard InChI is InChI=1S/C15H24N2O2/c1-5-19-13-8-6-12(7-9-13)10-17(4)15(18)14(16)11(2)3/h6-9,11,14H,5,10,16H2,1-4H3/t14-/m0/s1. The second-order valence-electron chi connectivity index (χ2n) is 5.04. The first kappa shape index (κ1) is 15.5. The first-order valence-corrected chi connectivity index (χ1v) is 6.68. The summed E-state index contributed by atoms with van der Waals surface area (Å²) in [5.41, 5.74) is 6.93. The van der Waals surface area contributed by atoms with E-state index in [0.717, 1.165) is 11.3 Å². The van der Waals surface area contributed by atoms with E-state index in [4.69, 9.17) is 10.5 Å². The Morgan fingerprint density at radius 3 is 2.37 bits per heavy atom. The van der Waals surface area contributed by atoms with Crippen molar-refractivity contribution in [1.82, 2.24) is 4.90 Å². The van der Waals surface area contributed by atoms with Gasteiger partial charge in [0.1, 0.15) is 5.75 Å². The summed E-state index contributed by atoms with van der Waals surface area (Å²) in [4.78, 5) is 13.7. The number of nitrogens with zero attached hydrogens (tertiary/aromatic N) is 1. The molecule has 106 valence electrons. The first-order valence-electron chi connectivity index (χ1n) is 6.68. The summed E-state index contributed by atoms with van der Waals surface area (Å²) in [7, 11) is 1.78. The Balaban J connectivity index is 2.61. The molecule has 1 amide bonds. The van der Waals surface area contributed by atoms with Crippen molar-refractivity contribution in [2.45, 2.75) is 33.4 Å². The molecule has 0 aliphatic rings. The summed E-state index contributed by atoms with van der Waals surface area (Å²) in [6, 6.07) is 7.33. The van der Waals surface area contributed by atoms with E-state index in [1.54, 1.807) is 11.9 Å². The van der Waals surface area contributed by atoms with Gasteiger partial charge < -0.3 is 15.4 Å². The third-order valence-electron chi connectivity index (χ3n) is 3.03. The van der Waals surface area contributed by atoms with Gasteiger partial charge in [-0.3, -0.25) is 4.79 Å². The number of ether oxygens (including phenoxy) is 1. The van der Waals surface area contributed by atoms with Crippen molar-refractivity contribution in [3.8, 4) is 5.75 Å². The van der Waals surface area contributed by atoms with E-state index in [2.05, 4.69) is 0 Å². The maximum Gasteiger partial charge on any atom is 0.239 e. The molecule has 0 spiro atoms. The average Bonchev–Trinajstić information content (AvgIpc) is 2.39. The van der Waals surface area contributed by atoms with Crippen molar-refractivity contribution in [1.29, 1.82) is 0 Å². The highest BCUT2D eigenvalue weighted by Crippen LogP contribution is 2.14. The predicted octanol–water partition coefficient (Wildman–Crippen LogP) is 2.03. The lowest BCUT2D eigenvalue weighted by molar-refractivity contribution is -0.132. The van der Waals surface area contributed by atoms with Crippen molar-refractivity contribution < 1.29 is 9.53 Å². The summed E-state index contributed by atoms with van der Waals surface area (Å²) in [5, 5.41) is 0. The molecule has 0 fully saturated rings.